The molecule has 0 N–H and O–H groups in total. The first-order chi connectivity index (χ1) is 24.9. The van der Waals surface area contributed by atoms with Gasteiger partial charge in [0.1, 0.15) is 6.73 Å². The minimum Gasteiger partial charge on any atom is -0.488 e. The van der Waals surface area contributed by atoms with Gasteiger partial charge in [0.15, 0.2) is 17.0 Å². The maximum Gasteiger partial charge on any atom is 0.337 e. The fraction of sp³-hybridized carbons (Fsp3) is 0.350. The van der Waals surface area contributed by atoms with Gasteiger partial charge in [-0.15, -0.1) is 0 Å². The van der Waals surface area contributed by atoms with Gasteiger partial charge < -0.3 is 18.9 Å². The Balaban J connectivity index is 1.59. The number of esters is 1. The normalized spacial score (nSPS) is 12.1. The van der Waals surface area contributed by atoms with E-state index in [9.17, 15) is 4.79 Å². The maximum absolute atomic E-state index is 12.4. The number of rotatable bonds is 15. The Bertz CT molecular complexity index is 2150. The number of benzene rings is 2. The number of methoxy groups -OCH3 is 1. The van der Waals surface area contributed by atoms with Gasteiger partial charge >= 0.3 is 5.97 Å². The van der Waals surface area contributed by atoms with Crippen molar-refractivity contribution in [3.05, 3.63) is 84.7 Å². The van der Waals surface area contributed by atoms with Gasteiger partial charge in [-0.25, -0.2) is 9.78 Å². The molecular formula is C40H49N5O5Si2. The van der Waals surface area contributed by atoms with Gasteiger partial charge in [-0.3, -0.25) is 9.55 Å². The fourth-order valence-electron chi connectivity index (χ4n) is 5.92. The second kappa shape index (κ2) is 15.4. The van der Waals surface area contributed by atoms with Crippen LogP contribution >= 0.6 is 0 Å². The predicted octanol–water partition coefficient (Wildman–Crippen LogP) is 9.29. The minimum atomic E-state index is -1.42. The van der Waals surface area contributed by atoms with Crippen molar-refractivity contribution in [2.24, 2.45) is 0 Å². The number of carbonyl (C=O) groups is 1. The standard InChI is InChI=1S/C40H49N5O5Si2/c1-9-49-36-34-35(29-15-17-30(18-16-29)40(46)47-2)43-37-32(31-19-20-33(41-25-31)28-13-11-10-12-14-28)26-42-45(37)38(34)44(27-48-21-23-51(3,4)5)39(36)50-22-24-52(6,7)8/h10-20,25-26H,9,21-24,27H2,1-8H3. The van der Waals surface area contributed by atoms with Gasteiger partial charge in [0.05, 0.1) is 48.9 Å². The van der Waals surface area contributed by atoms with Gasteiger partial charge in [0, 0.05) is 51.2 Å². The van der Waals surface area contributed by atoms with Crippen LogP contribution in [0.5, 0.6) is 11.6 Å². The Labute approximate surface area is 307 Å². The van der Waals surface area contributed by atoms with E-state index in [0.29, 0.717) is 48.4 Å². The van der Waals surface area contributed by atoms with E-state index in [4.69, 9.17) is 34.0 Å². The summed E-state index contributed by atoms with van der Waals surface area (Å²) in [6.07, 6.45) is 3.70. The zero-order valence-corrected chi connectivity index (χ0v) is 33.5. The molecule has 0 fully saturated rings. The summed E-state index contributed by atoms with van der Waals surface area (Å²) in [4.78, 5) is 22.5. The largest absolute Gasteiger partial charge is 0.488 e. The topological polar surface area (TPSA) is 102 Å². The second-order valence-corrected chi connectivity index (χ2v) is 26.6. The highest BCUT2D eigenvalue weighted by molar-refractivity contribution is 6.76. The Morgan fingerprint density at radius 3 is 2.12 bits per heavy atom. The Hall–Kier alpha value is -4.79. The first-order valence-corrected chi connectivity index (χ1v) is 25.3. The zero-order valence-electron chi connectivity index (χ0n) is 31.5. The van der Waals surface area contributed by atoms with E-state index >= 15 is 0 Å². The molecule has 10 nitrogen and oxygen atoms in total. The molecule has 52 heavy (non-hydrogen) atoms. The molecule has 4 heterocycles. The Morgan fingerprint density at radius 1 is 0.788 bits per heavy atom. The average Bonchev–Trinajstić information content (AvgIpc) is 3.68. The molecule has 0 atom stereocenters. The fourth-order valence-corrected chi connectivity index (χ4v) is 7.39. The van der Waals surface area contributed by atoms with E-state index in [2.05, 4.69) is 45.3 Å². The van der Waals surface area contributed by atoms with Crippen molar-refractivity contribution in [2.75, 3.05) is 26.9 Å². The molecule has 0 aliphatic carbocycles. The van der Waals surface area contributed by atoms with Crippen LogP contribution in [-0.2, 0) is 16.2 Å². The van der Waals surface area contributed by atoms with E-state index in [-0.39, 0.29) is 6.73 Å². The van der Waals surface area contributed by atoms with Crippen LogP contribution in [0.3, 0.4) is 0 Å². The summed E-state index contributed by atoms with van der Waals surface area (Å²) < 4.78 is 28.5. The Morgan fingerprint density at radius 2 is 1.48 bits per heavy atom. The monoisotopic (exact) mass is 735 g/mol. The van der Waals surface area contributed by atoms with Crippen molar-refractivity contribution in [2.45, 2.75) is 65.0 Å². The van der Waals surface area contributed by atoms with Gasteiger partial charge in [-0.05, 0) is 37.2 Å². The van der Waals surface area contributed by atoms with Crippen LogP contribution in [0.15, 0.2) is 79.1 Å². The molecule has 0 radical (unpaired) electrons. The molecule has 4 aromatic heterocycles. The SMILES string of the molecule is CCOc1c(OCC[Si](C)(C)C)n(COCC[Si](C)(C)C)c2c1c(-c1ccc(C(=O)OC)cc1)nc1c(-c3ccc(-c4ccccc4)nc3)cnn12. The lowest BCUT2D eigenvalue weighted by atomic mass is 10.1. The van der Waals surface area contributed by atoms with Crippen LogP contribution in [0.2, 0.25) is 51.4 Å². The summed E-state index contributed by atoms with van der Waals surface area (Å²) >= 11 is 0. The van der Waals surface area contributed by atoms with Crippen LogP contribution in [-0.4, -0.2) is 73.2 Å². The van der Waals surface area contributed by atoms with Crippen LogP contribution in [0.1, 0.15) is 17.3 Å². The van der Waals surface area contributed by atoms with Gasteiger partial charge in [0.25, 0.3) is 0 Å². The molecule has 6 rings (SSSR count). The minimum absolute atomic E-state index is 0.249. The zero-order chi connectivity index (χ0) is 37.0. The molecule has 0 saturated carbocycles. The highest BCUT2D eigenvalue weighted by atomic mass is 28.3. The summed E-state index contributed by atoms with van der Waals surface area (Å²) in [6, 6.07) is 23.5. The molecule has 2 aromatic carbocycles. The smallest absolute Gasteiger partial charge is 0.337 e. The number of pyridine rings is 1. The molecular weight excluding hydrogens is 687 g/mol. The van der Waals surface area contributed by atoms with Crippen molar-refractivity contribution >= 4 is 38.8 Å². The van der Waals surface area contributed by atoms with E-state index in [0.717, 1.165) is 51.1 Å². The van der Waals surface area contributed by atoms with Gasteiger partial charge in [0.2, 0.25) is 5.88 Å². The van der Waals surface area contributed by atoms with Crippen molar-refractivity contribution in [1.82, 2.24) is 24.1 Å². The third kappa shape index (κ3) is 8.14. The highest BCUT2D eigenvalue weighted by Crippen LogP contribution is 2.45. The molecule has 0 spiro atoms. The number of aromatic nitrogens is 5. The van der Waals surface area contributed by atoms with E-state index in [1.54, 1.807) is 12.1 Å². The summed E-state index contributed by atoms with van der Waals surface area (Å²) in [5.74, 6) is 0.782. The van der Waals surface area contributed by atoms with Crippen molar-refractivity contribution in [3.8, 4) is 45.3 Å². The number of ether oxygens (including phenoxy) is 4. The van der Waals surface area contributed by atoms with E-state index in [1.807, 2.05) is 76.9 Å². The summed E-state index contributed by atoms with van der Waals surface area (Å²) in [7, 11) is -1.37. The maximum atomic E-state index is 12.4. The molecule has 0 aliphatic rings. The quantitative estimate of drug-likeness (QED) is 0.0585. The predicted molar refractivity (Wildman–Crippen MR) is 213 cm³/mol. The lowest BCUT2D eigenvalue weighted by Crippen LogP contribution is -2.23. The van der Waals surface area contributed by atoms with Crippen LogP contribution in [0, 0.1) is 0 Å². The van der Waals surface area contributed by atoms with E-state index < -0.39 is 22.1 Å². The first-order valence-electron chi connectivity index (χ1n) is 17.9. The third-order valence-corrected chi connectivity index (χ3v) is 12.3. The summed E-state index contributed by atoms with van der Waals surface area (Å²) in [5.41, 5.74) is 6.96. The average molecular weight is 736 g/mol. The van der Waals surface area contributed by atoms with Crippen LogP contribution in [0.25, 0.3) is 50.3 Å². The number of fused-ring (bicyclic) bond motifs is 3. The molecule has 0 saturated heterocycles. The Kier molecular flexibility index (Phi) is 11.0. The molecule has 0 bridgehead atoms. The number of hydrogen-bond acceptors (Lipinski definition) is 8. The van der Waals surface area contributed by atoms with Crippen LogP contribution in [0.4, 0.5) is 0 Å². The molecule has 272 valence electrons. The van der Waals surface area contributed by atoms with Crippen molar-refractivity contribution < 1.29 is 23.7 Å². The molecule has 12 heteroatoms. The summed E-state index contributed by atoms with van der Waals surface area (Å²) in [6.45, 7) is 17.9. The molecule has 6 aromatic rings. The number of nitrogens with zero attached hydrogens (tertiary/aromatic N) is 5. The molecule has 0 unspecified atom stereocenters. The third-order valence-electron chi connectivity index (χ3n) is 8.86. The van der Waals surface area contributed by atoms with Crippen molar-refractivity contribution in [1.29, 1.82) is 0 Å². The lowest BCUT2D eigenvalue weighted by Gasteiger charge is -2.19. The van der Waals surface area contributed by atoms with Crippen LogP contribution < -0.4 is 9.47 Å². The highest BCUT2D eigenvalue weighted by Gasteiger charge is 2.29. The first kappa shape index (κ1) is 37.0. The van der Waals surface area contributed by atoms with E-state index in [1.165, 1.54) is 7.11 Å². The molecule has 0 amide bonds. The van der Waals surface area contributed by atoms with Gasteiger partial charge in [-0.2, -0.15) is 9.61 Å². The number of carbonyl (C=O) groups excluding carboxylic acids is 1. The summed E-state index contributed by atoms with van der Waals surface area (Å²) in [5, 5.41) is 5.69. The number of hydrogen-bond donors (Lipinski definition) is 0. The molecule has 0 aliphatic heterocycles. The lowest BCUT2D eigenvalue weighted by molar-refractivity contribution is 0.0600. The van der Waals surface area contributed by atoms with Crippen molar-refractivity contribution in [3.63, 3.8) is 0 Å². The van der Waals surface area contributed by atoms with Gasteiger partial charge in [-0.1, -0.05) is 87.8 Å². The second-order valence-electron chi connectivity index (χ2n) is 15.3.